The Hall–Kier alpha value is 0.460. The molecule has 0 radical (unpaired) electrons. The van der Waals surface area contributed by atoms with Crippen LogP contribution in [0.2, 0.25) is 0 Å². The van der Waals surface area contributed by atoms with Crippen molar-refractivity contribution in [2.24, 2.45) is 5.73 Å². The summed E-state index contributed by atoms with van der Waals surface area (Å²) in [4.78, 5) is 0. The van der Waals surface area contributed by atoms with E-state index < -0.39 is 0 Å². The van der Waals surface area contributed by atoms with Crippen molar-refractivity contribution >= 4 is 39.2 Å². The predicted molar refractivity (Wildman–Crippen MR) is 54.1 cm³/mol. The van der Waals surface area contributed by atoms with Gasteiger partial charge >= 0.3 is 0 Å². The van der Waals surface area contributed by atoms with Gasteiger partial charge in [-0.3, -0.25) is 5.41 Å². The minimum absolute atomic E-state index is 0. The quantitative estimate of drug-likeness (QED) is 0.389. The van der Waals surface area contributed by atoms with Crippen LogP contribution in [0.25, 0.3) is 0 Å². The molecule has 0 heterocycles. The molecule has 0 amide bonds. The zero-order valence-corrected chi connectivity index (χ0v) is 8.75. The molecule has 0 atom stereocenters. The lowest BCUT2D eigenvalue weighted by Crippen LogP contribution is -2.08. The summed E-state index contributed by atoms with van der Waals surface area (Å²) in [6.07, 6.45) is 0. The van der Waals surface area contributed by atoms with Crippen LogP contribution in [-0.2, 0) is 0 Å². The second-order valence-corrected chi connectivity index (χ2v) is 5.64. The Morgan fingerprint density at radius 2 is 1.80 bits per heavy atom. The van der Waals surface area contributed by atoms with Gasteiger partial charge in [-0.05, 0) is 10.8 Å². The molecule has 0 bridgehead atoms. The molecule has 0 unspecified atom stereocenters. The molecule has 0 aliphatic heterocycles. The summed E-state index contributed by atoms with van der Waals surface area (Å²) in [5.41, 5.74) is 5.13. The Labute approximate surface area is 76.0 Å². The molecule has 0 saturated heterocycles. The molecule has 3 N–H and O–H groups in total. The Bertz CT molecular complexity index is 111. The zero-order chi connectivity index (χ0) is 7.49. The number of nitrogens with one attached hydrogen (secondary N) is 1. The van der Waals surface area contributed by atoms with Crippen molar-refractivity contribution in [3.8, 4) is 0 Å². The van der Waals surface area contributed by atoms with Crippen LogP contribution in [0.15, 0.2) is 0 Å². The van der Waals surface area contributed by atoms with E-state index in [2.05, 4.69) is 20.8 Å². The van der Waals surface area contributed by atoms with E-state index in [4.69, 9.17) is 11.1 Å². The monoisotopic (exact) mass is 200 g/mol. The van der Waals surface area contributed by atoms with Crippen LogP contribution < -0.4 is 5.73 Å². The zero-order valence-electron chi connectivity index (χ0n) is 6.30. The van der Waals surface area contributed by atoms with Gasteiger partial charge in [-0.15, -0.1) is 12.4 Å². The fraction of sp³-hybridized carbons (Fsp3) is 0.800. The number of amidine groups is 1. The van der Waals surface area contributed by atoms with Gasteiger partial charge in [-0.25, -0.2) is 0 Å². The summed E-state index contributed by atoms with van der Waals surface area (Å²) in [5.74, 6) is 0. The van der Waals surface area contributed by atoms with E-state index in [0.29, 0.717) is 0 Å². The number of nitrogens with two attached hydrogens (primary N) is 1. The average molecular weight is 201 g/mol. The van der Waals surface area contributed by atoms with Crippen LogP contribution in [0.3, 0.4) is 0 Å². The Balaban J connectivity index is 0. The van der Waals surface area contributed by atoms with Gasteiger partial charge < -0.3 is 5.73 Å². The lowest BCUT2D eigenvalue weighted by atomic mass is 10.3. The van der Waals surface area contributed by atoms with Crippen molar-refractivity contribution in [1.29, 1.82) is 5.41 Å². The van der Waals surface area contributed by atoms with E-state index >= 15 is 0 Å². The third-order valence-electron chi connectivity index (χ3n) is 0.381. The van der Waals surface area contributed by atoms with E-state index in [1.54, 1.807) is 10.8 Å². The maximum Gasteiger partial charge on any atom is 0.161 e. The number of hydrogen-bond donors (Lipinski definition) is 2. The first-order valence-electron chi connectivity index (χ1n) is 2.61. The molecule has 10 heavy (non-hydrogen) atoms. The first-order chi connectivity index (χ1) is 3.92. The SMILES string of the molecule is CC(C)(C)SSC(=N)N.Cl. The van der Waals surface area contributed by atoms with Gasteiger partial charge in [0.1, 0.15) is 0 Å². The predicted octanol–water partition coefficient (Wildman–Crippen LogP) is 2.48. The standard InChI is InChI=1S/C5H12N2S2.ClH/c1-5(2,3)9-8-4(6)7;/h1-3H3,(H3,6,7);1H. The topological polar surface area (TPSA) is 49.9 Å². The Morgan fingerprint density at radius 1 is 1.40 bits per heavy atom. The van der Waals surface area contributed by atoms with Crippen molar-refractivity contribution in [2.45, 2.75) is 25.5 Å². The van der Waals surface area contributed by atoms with Crippen LogP contribution in [0.5, 0.6) is 0 Å². The van der Waals surface area contributed by atoms with E-state index in [-0.39, 0.29) is 22.3 Å². The molecule has 0 aromatic carbocycles. The lowest BCUT2D eigenvalue weighted by molar-refractivity contribution is 0.810. The Morgan fingerprint density at radius 3 is 1.90 bits per heavy atom. The molecule has 0 spiro atoms. The lowest BCUT2D eigenvalue weighted by Gasteiger charge is -2.14. The summed E-state index contributed by atoms with van der Waals surface area (Å²) >= 11 is 0. The van der Waals surface area contributed by atoms with Crippen molar-refractivity contribution < 1.29 is 0 Å². The maximum atomic E-state index is 6.89. The van der Waals surface area contributed by atoms with Gasteiger partial charge in [-0.1, -0.05) is 31.6 Å². The van der Waals surface area contributed by atoms with Crippen LogP contribution in [-0.4, -0.2) is 9.91 Å². The molecular weight excluding hydrogens is 188 g/mol. The molecule has 0 aromatic rings. The highest BCUT2D eigenvalue weighted by molar-refractivity contribution is 8.82. The molecule has 0 aromatic heterocycles. The molecular formula is C5H13ClN2S2. The van der Waals surface area contributed by atoms with Crippen LogP contribution in [0, 0.1) is 5.41 Å². The minimum Gasteiger partial charge on any atom is -0.378 e. The maximum absolute atomic E-state index is 6.89. The summed E-state index contributed by atoms with van der Waals surface area (Å²) in [6, 6.07) is 0. The summed E-state index contributed by atoms with van der Waals surface area (Å²) < 4.78 is 0.191. The highest BCUT2D eigenvalue weighted by Crippen LogP contribution is 2.34. The Kier molecular flexibility index (Phi) is 6.74. The highest BCUT2D eigenvalue weighted by Gasteiger charge is 2.11. The fourth-order valence-electron chi connectivity index (χ4n) is 0.170. The minimum atomic E-state index is 0. The number of halogens is 1. The van der Waals surface area contributed by atoms with E-state index in [1.165, 1.54) is 10.8 Å². The van der Waals surface area contributed by atoms with Crippen molar-refractivity contribution in [2.75, 3.05) is 0 Å². The summed E-state index contributed by atoms with van der Waals surface area (Å²) in [5, 5.41) is 7.07. The van der Waals surface area contributed by atoms with Gasteiger partial charge in [0.05, 0.1) is 0 Å². The summed E-state index contributed by atoms with van der Waals surface area (Å²) in [6.45, 7) is 6.27. The molecule has 0 saturated carbocycles. The smallest absolute Gasteiger partial charge is 0.161 e. The van der Waals surface area contributed by atoms with Crippen molar-refractivity contribution in [1.82, 2.24) is 0 Å². The van der Waals surface area contributed by atoms with Crippen molar-refractivity contribution in [3.05, 3.63) is 0 Å². The first kappa shape index (κ1) is 13.1. The second kappa shape index (κ2) is 5.16. The molecule has 5 heteroatoms. The van der Waals surface area contributed by atoms with E-state index in [9.17, 15) is 0 Å². The molecule has 62 valence electrons. The van der Waals surface area contributed by atoms with E-state index in [1.807, 2.05) is 0 Å². The molecule has 0 fully saturated rings. The fourth-order valence-corrected chi connectivity index (χ4v) is 1.53. The number of rotatable bonds is 1. The number of hydrogen-bond acceptors (Lipinski definition) is 3. The van der Waals surface area contributed by atoms with Gasteiger partial charge in [0.2, 0.25) is 0 Å². The van der Waals surface area contributed by atoms with Gasteiger partial charge in [0, 0.05) is 4.75 Å². The van der Waals surface area contributed by atoms with Crippen LogP contribution in [0.1, 0.15) is 20.8 Å². The third kappa shape index (κ3) is 11.3. The van der Waals surface area contributed by atoms with Crippen LogP contribution in [0.4, 0.5) is 0 Å². The summed E-state index contributed by atoms with van der Waals surface area (Å²) in [7, 11) is 2.92. The normalized spacial score (nSPS) is 10.3. The molecule has 2 nitrogen and oxygen atoms in total. The molecule has 0 aliphatic rings. The average Bonchev–Trinajstić information content (AvgIpc) is 1.59. The van der Waals surface area contributed by atoms with Gasteiger partial charge in [0.25, 0.3) is 0 Å². The molecule has 0 rings (SSSR count). The highest BCUT2D eigenvalue weighted by atomic mass is 35.5. The molecule has 0 aliphatic carbocycles. The van der Waals surface area contributed by atoms with Gasteiger partial charge in [-0.2, -0.15) is 0 Å². The largest absolute Gasteiger partial charge is 0.378 e. The van der Waals surface area contributed by atoms with Crippen LogP contribution >= 0.6 is 34.0 Å². The first-order valence-corrected chi connectivity index (χ1v) is 4.76. The van der Waals surface area contributed by atoms with Gasteiger partial charge in [0.15, 0.2) is 5.17 Å². The van der Waals surface area contributed by atoms with E-state index in [0.717, 1.165) is 0 Å². The third-order valence-corrected chi connectivity index (χ3v) is 3.43. The van der Waals surface area contributed by atoms with Crippen molar-refractivity contribution in [3.63, 3.8) is 0 Å². The second-order valence-electron chi connectivity index (χ2n) is 2.64.